The molecule has 1 aromatic rings. The van der Waals surface area contributed by atoms with Gasteiger partial charge in [0.25, 0.3) is 5.91 Å². The van der Waals surface area contributed by atoms with Crippen molar-refractivity contribution in [2.75, 3.05) is 0 Å². The van der Waals surface area contributed by atoms with Gasteiger partial charge in [-0.3, -0.25) is 4.79 Å². The van der Waals surface area contributed by atoms with Crippen LogP contribution in [-0.2, 0) is 0 Å². The Morgan fingerprint density at radius 1 is 1.44 bits per heavy atom. The Hall–Kier alpha value is 0.320. The number of carbonyl (C=O) groups is 1. The van der Waals surface area contributed by atoms with Gasteiger partial charge in [0, 0.05) is 0 Å². The molecule has 2 rings (SSSR count). The Balaban J connectivity index is 2.40. The van der Waals surface area contributed by atoms with Crippen LogP contribution in [0.4, 0.5) is 0 Å². The van der Waals surface area contributed by atoms with Crippen LogP contribution in [0.15, 0.2) is 4.47 Å². The van der Waals surface area contributed by atoms with Crippen LogP contribution in [0.3, 0.4) is 0 Å². The average molecular weight is 415 g/mol. The van der Waals surface area contributed by atoms with Gasteiger partial charge in [0.15, 0.2) is 0 Å². The molecule has 0 unspecified atom stereocenters. The molecule has 1 heterocycles. The highest BCUT2D eigenvalue weighted by molar-refractivity contribution is 9.25. The van der Waals surface area contributed by atoms with Gasteiger partial charge in [-0.15, -0.1) is 0 Å². The number of rotatable bonds is 1. The molecule has 88 valence electrons. The summed E-state index contributed by atoms with van der Waals surface area (Å²) in [5.74, 6) is 0.0209. The summed E-state index contributed by atoms with van der Waals surface area (Å²) in [4.78, 5) is 12.4. The quantitative estimate of drug-likeness (QED) is 0.655. The lowest BCUT2D eigenvalue weighted by Crippen LogP contribution is -2.26. The van der Waals surface area contributed by atoms with E-state index in [0.29, 0.717) is 0 Å². The number of aryl methyl sites for hydroxylation is 1. The van der Waals surface area contributed by atoms with E-state index in [0.717, 1.165) is 22.3 Å². The van der Waals surface area contributed by atoms with E-state index in [-0.39, 0.29) is 9.14 Å². The van der Waals surface area contributed by atoms with Crippen LogP contribution in [0, 0.1) is 19.3 Å². The number of hydrogen-bond donors (Lipinski definition) is 0. The number of carbonyl (C=O) groups excluding carboxylic acids is 1. The molecule has 1 atom stereocenters. The lowest BCUT2D eigenvalue weighted by Gasteiger charge is -2.12. The fourth-order valence-corrected chi connectivity index (χ4v) is 3.39. The Kier molecular flexibility index (Phi) is 2.92. The van der Waals surface area contributed by atoms with Crippen LogP contribution in [0.25, 0.3) is 0 Å². The largest absolute Gasteiger partial charge is 0.272 e. The van der Waals surface area contributed by atoms with Crippen LogP contribution < -0.4 is 0 Å². The normalized spacial score (nSPS) is 26.9. The monoisotopic (exact) mass is 412 g/mol. The van der Waals surface area contributed by atoms with Gasteiger partial charge in [-0.05, 0) is 43.1 Å². The summed E-state index contributed by atoms with van der Waals surface area (Å²) >= 11 is 10.4. The van der Waals surface area contributed by atoms with Crippen molar-refractivity contribution in [3.8, 4) is 0 Å². The van der Waals surface area contributed by atoms with Crippen LogP contribution in [0.5, 0.6) is 0 Å². The maximum absolute atomic E-state index is 12.4. The molecule has 0 aliphatic heterocycles. The smallest absolute Gasteiger partial charge is 0.255 e. The van der Waals surface area contributed by atoms with Gasteiger partial charge in [0.1, 0.15) is 0 Å². The minimum Gasteiger partial charge on any atom is -0.272 e. The Morgan fingerprint density at radius 3 is 2.25 bits per heavy atom. The zero-order valence-corrected chi connectivity index (χ0v) is 13.9. The lowest BCUT2D eigenvalue weighted by molar-refractivity contribution is 0.0805. The van der Waals surface area contributed by atoms with Crippen molar-refractivity contribution in [1.82, 2.24) is 9.78 Å². The SMILES string of the molecule is Cc1nn(C(=O)[C@]2(C)CC2(Br)Br)c(C)c1Br. The van der Waals surface area contributed by atoms with Gasteiger partial charge in [-0.1, -0.05) is 31.9 Å². The maximum Gasteiger partial charge on any atom is 0.255 e. The standard InChI is InChI=1S/C10H11Br3N2O/c1-5-7(11)6(2)15(14-5)8(16)9(3)4-10(9,12)13/h4H2,1-3H3/t9-/m0/s1. The highest BCUT2D eigenvalue weighted by Crippen LogP contribution is 2.66. The maximum atomic E-state index is 12.4. The van der Waals surface area contributed by atoms with E-state index in [1.54, 1.807) is 0 Å². The predicted octanol–water partition coefficient (Wildman–Crippen LogP) is 3.80. The van der Waals surface area contributed by atoms with Crippen molar-refractivity contribution in [3.05, 3.63) is 15.9 Å². The molecule has 1 fully saturated rings. The molecular weight excluding hydrogens is 404 g/mol. The minimum absolute atomic E-state index is 0.0209. The van der Waals surface area contributed by atoms with E-state index < -0.39 is 5.41 Å². The summed E-state index contributed by atoms with van der Waals surface area (Å²) in [6, 6.07) is 0. The molecule has 1 aromatic heterocycles. The number of hydrogen-bond acceptors (Lipinski definition) is 2. The van der Waals surface area contributed by atoms with Gasteiger partial charge in [-0.2, -0.15) is 5.10 Å². The van der Waals surface area contributed by atoms with E-state index in [1.807, 2.05) is 20.8 Å². The van der Waals surface area contributed by atoms with Crippen molar-refractivity contribution >= 4 is 53.7 Å². The first-order valence-electron chi connectivity index (χ1n) is 4.85. The summed E-state index contributed by atoms with van der Waals surface area (Å²) in [6.07, 6.45) is 0.773. The number of nitrogens with zero attached hydrogens (tertiary/aromatic N) is 2. The molecular formula is C10H11Br3N2O. The van der Waals surface area contributed by atoms with Crippen LogP contribution in [0.1, 0.15) is 29.5 Å². The van der Waals surface area contributed by atoms with E-state index in [2.05, 4.69) is 52.9 Å². The zero-order chi connectivity index (χ0) is 12.3. The summed E-state index contributed by atoms with van der Waals surface area (Å²) < 4.78 is 2.12. The molecule has 16 heavy (non-hydrogen) atoms. The molecule has 0 N–H and O–H groups in total. The molecule has 0 amide bonds. The second-order valence-electron chi connectivity index (χ2n) is 4.42. The van der Waals surface area contributed by atoms with Gasteiger partial charge in [0.2, 0.25) is 0 Å². The fourth-order valence-electron chi connectivity index (χ4n) is 1.69. The molecule has 0 radical (unpaired) electrons. The van der Waals surface area contributed by atoms with Gasteiger partial charge in [-0.25, -0.2) is 4.68 Å². The van der Waals surface area contributed by atoms with Crippen molar-refractivity contribution in [2.24, 2.45) is 5.41 Å². The highest BCUT2D eigenvalue weighted by atomic mass is 79.9. The van der Waals surface area contributed by atoms with Crippen LogP contribution in [0.2, 0.25) is 0 Å². The molecule has 0 spiro atoms. The molecule has 0 bridgehead atoms. The van der Waals surface area contributed by atoms with Gasteiger partial charge < -0.3 is 0 Å². The Morgan fingerprint density at radius 2 is 1.94 bits per heavy atom. The third kappa shape index (κ3) is 1.64. The molecule has 1 aliphatic carbocycles. The van der Waals surface area contributed by atoms with Crippen molar-refractivity contribution < 1.29 is 4.79 Å². The molecule has 6 heteroatoms. The van der Waals surface area contributed by atoms with Gasteiger partial charge in [0.05, 0.1) is 24.5 Å². The summed E-state index contributed by atoms with van der Waals surface area (Å²) in [7, 11) is 0. The van der Waals surface area contributed by atoms with Gasteiger partial charge >= 0.3 is 0 Å². The fraction of sp³-hybridized carbons (Fsp3) is 0.600. The topological polar surface area (TPSA) is 34.9 Å². The highest BCUT2D eigenvalue weighted by Gasteiger charge is 2.67. The third-order valence-electron chi connectivity index (χ3n) is 3.13. The molecule has 0 aromatic carbocycles. The molecule has 1 aliphatic rings. The first kappa shape index (κ1) is 12.8. The number of alkyl halides is 2. The predicted molar refractivity (Wildman–Crippen MR) is 73.3 cm³/mol. The average Bonchev–Trinajstić information content (AvgIpc) is 2.61. The van der Waals surface area contributed by atoms with E-state index in [9.17, 15) is 4.79 Å². The van der Waals surface area contributed by atoms with Crippen molar-refractivity contribution in [1.29, 1.82) is 0 Å². The van der Waals surface area contributed by atoms with Crippen molar-refractivity contribution in [2.45, 2.75) is 30.4 Å². The third-order valence-corrected chi connectivity index (χ3v) is 6.58. The molecule has 1 saturated carbocycles. The van der Waals surface area contributed by atoms with E-state index >= 15 is 0 Å². The summed E-state index contributed by atoms with van der Waals surface area (Å²) in [5.41, 5.74) is 1.27. The minimum atomic E-state index is -0.421. The van der Waals surface area contributed by atoms with E-state index in [1.165, 1.54) is 4.68 Å². The summed E-state index contributed by atoms with van der Waals surface area (Å²) in [6.45, 7) is 5.70. The second-order valence-corrected chi connectivity index (χ2v) is 8.98. The van der Waals surface area contributed by atoms with Crippen molar-refractivity contribution in [3.63, 3.8) is 0 Å². The molecule has 3 nitrogen and oxygen atoms in total. The first-order valence-corrected chi connectivity index (χ1v) is 7.23. The number of aromatic nitrogens is 2. The Bertz CT molecular complexity index is 481. The number of halogens is 3. The van der Waals surface area contributed by atoms with Crippen LogP contribution >= 0.6 is 47.8 Å². The Labute approximate surface area is 119 Å². The van der Waals surface area contributed by atoms with Crippen LogP contribution in [-0.4, -0.2) is 18.9 Å². The first-order chi connectivity index (χ1) is 7.21. The summed E-state index contributed by atoms with van der Waals surface area (Å²) in [5, 5.41) is 4.26. The van der Waals surface area contributed by atoms with E-state index in [4.69, 9.17) is 0 Å². The second kappa shape index (κ2) is 3.65. The lowest BCUT2D eigenvalue weighted by atomic mass is 10.1. The zero-order valence-electron chi connectivity index (χ0n) is 9.14. The molecule has 0 saturated heterocycles.